The highest BCUT2D eigenvalue weighted by Gasteiger charge is 2.21. The first-order valence-electron chi connectivity index (χ1n) is 5.77. The molecule has 1 aromatic carbocycles. The van der Waals surface area contributed by atoms with E-state index in [0.29, 0.717) is 0 Å². The number of hydrogen-bond acceptors (Lipinski definition) is 3. The minimum absolute atomic E-state index is 0.272. The van der Waals surface area contributed by atoms with Crippen LogP contribution >= 0.6 is 0 Å². The second-order valence-electron chi connectivity index (χ2n) is 4.42. The summed E-state index contributed by atoms with van der Waals surface area (Å²) in [6.07, 6.45) is 1.79. The molecule has 0 radical (unpaired) electrons. The Balaban J connectivity index is 2.12. The zero-order chi connectivity index (χ0) is 12.7. The molecule has 92 valence electrons. The van der Waals surface area contributed by atoms with Crippen LogP contribution in [0.3, 0.4) is 0 Å². The van der Waals surface area contributed by atoms with Crippen molar-refractivity contribution in [3.63, 3.8) is 0 Å². The van der Waals surface area contributed by atoms with E-state index >= 15 is 0 Å². The second kappa shape index (κ2) is 3.91. The summed E-state index contributed by atoms with van der Waals surface area (Å²) in [5.41, 5.74) is 3.86. The van der Waals surface area contributed by atoms with Crippen molar-refractivity contribution >= 4 is 5.57 Å². The van der Waals surface area contributed by atoms with Crippen molar-refractivity contribution in [2.24, 2.45) is 0 Å². The maximum absolute atomic E-state index is 5.54. The van der Waals surface area contributed by atoms with Gasteiger partial charge in [0.1, 0.15) is 5.82 Å². The van der Waals surface area contributed by atoms with Crippen LogP contribution in [-0.2, 0) is 0 Å². The van der Waals surface area contributed by atoms with Crippen LogP contribution in [0.2, 0.25) is 0 Å². The van der Waals surface area contributed by atoms with Gasteiger partial charge in [0.2, 0.25) is 6.79 Å². The molecule has 4 nitrogen and oxygen atoms in total. The molecule has 4 heteroatoms. The molecule has 1 aliphatic heterocycles. The number of aromatic amines is 1. The van der Waals surface area contributed by atoms with Crippen molar-refractivity contribution in [1.29, 1.82) is 0 Å². The summed E-state index contributed by atoms with van der Waals surface area (Å²) in [6.45, 7) is 8.06. The number of aromatic nitrogens is 2. The zero-order valence-electron chi connectivity index (χ0n) is 10.4. The number of benzene rings is 1. The molecule has 0 atom stereocenters. The number of nitrogens with one attached hydrogen (secondary N) is 1. The third-order valence-electron chi connectivity index (χ3n) is 2.99. The smallest absolute Gasteiger partial charge is 0.231 e. The number of aryl methyl sites for hydroxylation is 1. The van der Waals surface area contributed by atoms with Crippen molar-refractivity contribution in [2.45, 2.75) is 13.8 Å². The highest BCUT2D eigenvalue weighted by atomic mass is 16.7. The molecule has 0 unspecified atom stereocenters. The normalized spacial score (nSPS) is 12.8. The summed E-state index contributed by atoms with van der Waals surface area (Å²) in [7, 11) is 0. The van der Waals surface area contributed by atoms with Gasteiger partial charge in [-0.05, 0) is 31.1 Å². The van der Waals surface area contributed by atoms with Crippen LogP contribution in [0.5, 0.6) is 11.5 Å². The number of nitrogens with zero attached hydrogens (tertiary/aromatic N) is 1. The minimum atomic E-state index is 0.272. The topological polar surface area (TPSA) is 47.1 Å². The first kappa shape index (κ1) is 10.9. The molecule has 0 spiro atoms. The minimum Gasteiger partial charge on any atom is -0.453 e. The fourth-order valence-corrected chi connectivity index (χ4v) is 2.02. The van der Waals surface area contributed by atoms with E-state index in [1.807, 2.05) is 26.0 Å². The molecule has 0 aliphatic carbocycles. The Labute approximate surface area is 105 Å². The zero-order valence-corrected chi connectivity index (χ0v) is 10.4. The molecule has 1 aliphatic rings. The molecule has 0 saturated carbocycles. The van der Waals surface area contributed by atoms with Crippen molar-refractivity contribution in [1.82, 2.24) is 9.97 Å². The summed E-state index contributed by atoms with van der Waals surface area (Å²) >= 11 is 0. The monoisotopic (exact) mass is 242 g/mol. The van der Waals surface area contributed by atoms with Crippen molar-refractivity contribution in [2.75, 3.05) is 6.79 Å². The van der Waals surface area contributed by atoms with Crippen molar-refractivity contribution < 1.29 is 9.47 Å². The number of imidazole rings is 1. The second-order valence-corrected chi connectivity index (χ2v) is 4.42. The third-order valence-corrected chi connectivity index (χ3v) is 2.99. The largest absolute Gasteiger partial charge is 0.453 e. The van der Waals surface area contributed by atoms with Crippen molar-refractivity contribution in [3.05, 3.63) is 36.3 Å². The van der Waals surface area contributed by atoms with Gasteiger partial charge in [-0.2, -0.15) is 0 Å². The first-order valence-corrected chi connectivity index (χ1v) is 5.77. The SMILES string of the molecule is C=C(C)c1ncc(-c2ccc(C)c3c2OCO3)[nH]1. The number of H-pyrrole nitrogens is 1. The van der Waals surface area contributed by atoms with Crippen LogP contribution in [0.4, 0.5) is 0 Å². The van der Waals surface area contributed by atoms with E-state index in [9.17, 15) is 0 Å². The summed E-state index contributed by atoms with van der Waals surface area (Å²) in [4.78, 5) is 7.52. The molecule has 18 heavy (non-hydrogen) atoms. The molecule has 3 rings (SSSR count). The highest BCUT2D eigenvalue weighted by Crippen LogP contribution is 2.43. The molecule has 1 aromatic heterocycles. The Morgan fingerprint density at radius 2 is 2.11 bits per heavy atom. The fraction of sp³-hybridized carbons (Fsp3) is 0.214. The standard InChI is InChI=1S/C14H14N2O2/c1-8(2)14-15-6-11(16-14)10-5-4-9(3)12-13(10)18-7-17-12/h4-6H,1,7H2,2-3H3,(H,15,16). The first-order chi connectivity index (χ1) is 8.66. The number of fused-ring (bicyclic) bond motifs is 1. The molecule has 0 saturated heterocycles. The molecule has 2 heterocycles. The third kappa shape index (κ3) is 1.57. The van der Waals surface area contributed by atoms with Gasteiger partial charge in [0.25, 0.3) is 0 Å². The van der Waals surface area contributed by atoms with Gasteiger partial charge in [-0.3, -0.25) is 0 Å². The van der Waals surface area contributed by atoms with Gasteiger partial charge in [-0.25, -0.2) is 4.98 Å². The lowest BCUT2D eigenvalue weighted by atomic mass is 10.1. The number of allylic oxidation sites excluding steroid dienone is 1. The van der Waals surface area contributed by atoms with Gasteiger partial charge in [-0.1, -0.05) is 12.6 Å². The Morgan fingerprint density at radius 3 is 2.83 bits per heavy atom. The van der Waals surface area contributed by atoms with E-state index in [-0.39, 0.29) is 6.79 Å². The summed E-state index contributed by atoms with van der Waals surface area (Å²) in [5.74, 6) is 2.39. The van der Waals surface area contributed by atoms with Gasteiger partial charge in [-0.15, -0.1) is 0 Å². The lowest BCUT2D eigenvalue weighted by molar-refractivity contribution is 0.173. The molecule has 0 fully saturated rings. The molecule has 0 amide bonds. The van der Waals surface area contributed by atoms with E-state index in [1.165, 1.54) is 0 Å². The predicted octanol–water partition coefficient (Wildman–Crippen LogP) is 3.15. The van der Waals surface area contributed by atoms with E-state index in [4.69, 9.17) is 9.47 Å². The lowest BCUT2D eigenvalue weighted by Crippen LogP contribution is -1.93. The Kier molecular flexibility index (Phi) is 2.37. The average Bonchev–Trinajstić information content (AvgIpc) is 2.98. The van der Waals surface area contributed by atoms with Crippen LogP contribution in [0, 0.1) is 6.92 Å². The highest BCUT2D eigenvalue weighted by molar-refractivity contribution is 5.74. The Hall–Kier alpha value is -2.23. The van der Waals surface area contributed by atoms with Gasteiger partial charge in [0.05, 0.1) is 11.9 Å². The average molecular weight is 242 g/mol. The summed E-state index contributed by atoms with van der Waals surface area (Å²) in [5, 5.41) is 0. The molecular weight excluding hydrogens is 228 g/mol. The lowest BCUT2D eigenvalue weighted by Gasteiger charge is -2.05. The maximum Gasteiger partial charge on any atom is 0.231 e. The molecule has 0 bridgehead atoms. The summed E-state index contributed by atoms with van der Waals surface area (Å²) in [6, 6.07) is 4.03. The van der Waals surface area contributed by atoms with Gasteiger partial charge in [0, 0.05) is 5.56 Å². The Bertz CT molecular complexity index is 629. The van der Waals surface area contributed by atoms with Gasteiger partial charge >= 0.3 is 0 Å². The number of ether oxygens (including phenoxy) is 2. The predicted molar refractivity (Wildman–Crippen MR) is 69.6 cm³/mol. The van der Waals surface area contributed by atoms with Crippen LogP contribution < -0.4 is 9.47 Å². The molecule has 2 aromatic rings. The van der Waals surface area contributed by atoms with Crippen molar-refractivity contribution in [3.8, 4) is 22.8 Å². The van der Waals surface area contributed by atoms with Crippen LogP contribution in [0.1, 0.15) is 18.3 Å². The fourth-order valence-electron chi connectivity index (χ4n) is 2.02. The summed E-state index contributed by atoms with van der Waals surface area (Å²) < 4.78 is 11.0. The van der Waals surface area contributed by atoms with Crippen LogP contribution in [-0.4, -0.2) is 16.8 Å². The van der Waals surface area contributed by atoms with Crippen LogP contribution in [0.15, 0.2) is 24.9 Å². The van der Waals surface area contributed by atoms with E-state index in [2.05, 4.69) is 16.5 Å². The van der Waals surface area contributed by atoms with E-state index in [1.54, 1.807) is 6.20 Å². The van der Waals surface area contributed by atoms with E-state index in [0.717, 1.165) is 39.7 Å². The molecular formula is C14H14N2O2. The van der Waals surface area contributed by atoms with Gasteiger partial charge in [0.15, 0.2) is 11.5 Å². The van der Waals surface area contributed by atoms with Crippen LogP contribution in [0.25, 0.3) is 16.8 Å². The van der Waals surface area contributed by atoms with Gasteiger partial charge < -0.3 is 14.5 Å². The number of rotatable bonds is 2. The number of hydrogen-bond donors (Lipinski definition) is 1. The maximum atomic E-state index is 5.54. The Morgan fingerprint density at radius 1 is 1.33 bits per heavy atom. The van der Waals surface area contributed by atoms with E-state index < -0.39 is 0 Å². The molecule has 1 N–H and O–H groups in total. The quantitative estimate of drug-likeness (QED) is 0.880.